The van der Waals surface area contributed by atoms with Gasteiger partial charge in [0.05, 0.1) is 5.52 Å². The number of piperidine rings is 1. The number of nitrogens with zero attached hydrogens (tertiary/aromatic N) is 4. The Balaban J connectivity index is 1.36. The van der Waals surface area contributed by atoms with Crippen molar-refractivity contribution >= 4 is 22.5 Å². The summed E-state index contributed by atoms with van der Waals surface area (Å²) in [7, 11) is 4.08. The zero-order valence-corrected chi connectivity index (χ0v) is 20.4. The number of benzene rings is 2. The maximum atomic E-state index is 13.2. The lowest BCUT2D eigenvalue weighted by Gasteiger charge is -2.26. The van der Waals surface area contributed by atoms with Crippen molar-refractivity contribution in [2.24, 2.45) is 0 Å². The molecule has 0 bridgehead atoms. The van der Waals surface area contributed by atoms with E-state index < -0.39 is 0 Å². The number of rotatable bonds is 7. The predicted molar refractivity (Wildman–Crippen MR) is 140 cm³/mol. The molecule has 1 fully saturated rings. The lowest BCUT2D eigenvalue weighted by molar-refractivity contribution is 0.102. The fourth-order valence-corrected chi connectivity index (χ4v) is 4.78. The number of hydrogen-bond donors (Lipinski definition) is 2. The molecule has 0 atom stereocenters. The molecule has 0 saturated carbocycles. The molecular formula is C28H32N6O. The number of pyridine rings is 1. The minimum absolute atomic E-state index is 0.219. The Morgan fingerprint density at radius 2 is 1.86 bits per heavy atom. The maximum absolute atomic E-state index is 13.2. The average Bonchev–Trinajstić information content (AvgIpc) is 3.28. The zero-order valence-electron chi connectivity index (χ0n) is 20.4. The fraction of sp³-hybridized carbons (Fsp3) is 0.321. The highest BCUT2D eigenvalue weighted by Crippen LogP contribution is 2.26. The van der Waals surface area contributed by atoms with Crippen LogP contribution in [0.15, 0.2) is 60.9 Å². The van der Waals surface area contributed by atoms with E-state index in [4.69, 9.17) is 0 Å². The number of likely N-dealkylation sites (tertiary alicyclic amines) is 1. The summed E-state index contributed by atoms with van der Waals surface area (Å²) in [5.74, 6) is -0.219. The van der Waals surface area contributed by atoms with Crippen LogP contribution in [0.3, 0.4) is 0 Å². The summed E-state index contributed by atoms with van der Waals surface area (Å²) in [4.78, 5) is 22.2. The van der Waals surface area contributed by atoms with Gasteiger partial charge in [0, 0.05) is 42.1 Å². The normalized spacial score (nSPS) is 14.5. The van der Waals surface area contributed by atoms with Gasteiger partial charge in [0.25, 0.3) is 5.91 Å². The van der Waals surface area contributed by atoms with E-state index in [1.54, 1.807) is 0 Å². The smallest absolute Gasteiger partial charge is 0.276 e. The molecular weight excluding hydrogens is 436 g/mol. The summed E-state index contributed by atoms with van der Waals surface area (Å²) in [6.07, 6.45) is 7.59. The molecule has 0 spiro atoms. The molecule has 3 heterocycles. The molecule has 1 aliphatic rings. The molecule has 180 valence electrons. The van der Waals surface area contributed by atoms with Crippen LogP contribution in [-0.2, 0) is 13.1 Å². The topological polar surface area (TPSA) is 77.1 Å². The number of anilines is 1. The van der Waals surface area contributed by atoms with E-state index in [9.17, 15) is 4.79 Å². The molecule has 4 aromatic rings. The zero-order chi connectivity index (χ0) is 24.2. The molecule has 1 aliphatic heterocycles. The molecule has 5 rings (SSSR count). The third-order valence-corrected chi connectivity index (χ3v) is 6.44. The average molecular weight is 469 g/mol. The third kappa shape index (κ3) is 5.58. The number of nitrogens with one attached hydrogen (secondary N) is 2. The van der Waals surface area contributed by atoms with Crippen molar-refractivity contribution in [1.29, 1.82) is 0 Å². The van der Waals surface area contributed by atoms with E-state index in [2.05, 4.69) is 48.5 Å². The molecule has 0 aliphatic carbocycles. The first-order valence-corrected chi connectivity index (χ1v) is 12.2. The second-order valence-corrected chi connectivity index (χ2v) is 9.64. The van der Waals surface area contributed by atoms with Gasteiger partial charge < -0.3 is 10.2 Å². The lowest BCUT2D eigenvalue weighted by atomic mass is 10.0. The number of H-pyrrole nitrogens is 1. The van der Waals surface area contributed by atoms with Crippen molar-refractivity contribution in [2.75, 3.05) is 32.5 Å². The highest BCUT2D eigenvalue weighted by molar-refractivity contribution is 6.11. The number of carbonyl (C=O) groups is 1. The van der Waals surface area contributed by atoms with Crippen LogP contribution in [0.5, 0.6) is 0 Å². The van der Waals surface area contributed by atoms with Crippen LogP contribution in [0.25, 0.3) is 22.0 Å². The third-order valence-electron chi connectivity index (χ3n) is 6.44. The van der Waals surface area contributed by atoms with E-state index in [-0.39, 0.29) is 5.91 Å². The molecule has 0 radical (unpaired) electrons. The Morgan fingerprint density at radius 3 is 2.69 bits per heavy atom. The highest BCUT2D eigenvalue weighted by Gasteiger charge is 2.16. The van der Waals surface area contributed by atoms with Crippen LogP contribution in [0.1, 0.15) is 40.9 Å². The Kier molecular flexibility index (Phi) is 6.88. The maximum Gasteiger partial charge on any atom is 0.276 e. The summed E-state index contributed by atoms with van der Waals surface area (Å²) in [5, 5.41) is 11.2. The van der Waals surface area contributed by atoms with Gasteiger partial charge in [0.15, 0.2) is 5.69 Å². The molecule has 7 nitrogen and oxygen atoms in total. The van der Waals surface area contributed by atoms with E-state index in [0.717, 1.165) is 59.5 Å². The summed E-state index contributed by atoms with van der Waals surface area (Å²) >= 11 is 0. The number of amides is 1. The van der Waals surface area contributed by atoms with Crippen LogP contribution < -0.4 is 5.32 Å². The van der Waals surface area contributed by atoms with Gasteiger partial charge in [-0.1, -0.05) is 24.6 Å². The van der Waals surface area contributed by atoms with Crippen molar-refractivity contribution in [3.8, 4) is 11.1 Å². The fourth-order valence-electron chi connectivity index (χ4n) is 4.78. The molecule has 0 unspecified atom stereocenters. The number of hydrogen-bond acceptors (Lipinski definition) is 5. The van der Waals surface area contributed by atoms with Gasteiger partial charge in [-0.15, -0.1) is 0 Å². The largest absolute Gasteiger partial charge is 0.321 e. The number of aromatic amines is 1. The van der Waals surface area contributed by atoms with E-state index in [1.807, 2.05) is 56.8 Å². The molecule has 2 aromatic heterocycles. The first-order valence-electron chi connectivity index (χ1n) is 12.2. The minimum Gasteiger partial charge on any atom is -0.321 e. The van der Waals surface area contributed by atoms with Crippen LogP contribution >= 0.6 is 0 Å². The van der Waals surface area contributed by atoms with Crippen LogP contribution in [0.2, 0.25) is 0 Å². The van der Waals surface area contributed by atoms with Crippen molar-refractivity contribution in [2.45, 2.75) is 32.4 Å². The molecule has 2 aromatic carbocycles. The van der Waals surface area contributed by atoms with Gasteiger partial charge in [-0.2, -0.15) is 5.10 Å². The number of fused-ring (bicyclic) bond motifs is 1. The molecule has 1 saturated heterocycles. The van der Waals surface area contributed by atoms with Crippen molar-refractivity contribution in [3.63, 3.8) is 0 Å². The minimum atomic E-state index is -0.219. The summed E-state index contributed by atoms with van der Waals surface area (Å²) in [6.45, 7) is 4.02. The van der Waals surface area contributed by atoms with E-state index >= 15 is 0 Å². The van der Waals surface area contributed by atoms with Gasteiger partial charge in [-0.3, -0.25) is 19.8 Å². The van der Waals surface area contributed by atoms with Crippen molar-refractivity contribution in [1.82, 2.24) is 25.0 Å². The highest BCUT2D eigenvalue weighted by atomic mass is 16.1. The lowest BCUT2D eigenvalue weighted by Crippen LogP contribution is -2.29. The van der Waals surface area contributed by atoms with Gasteiger partial charge in [0.2, 0.25) is 0 Å². The summed E-state index contributed by atoms with van der Waals surface area (Å²) in [6, 6.07) is 16.3. The Labute approximate surface area is 206 Å². The number of aromatic nitrogens is 3. The second-order valence-electron chi connectivity index (χ2n) is 9.64. The van der Waals surface area contributed by atoms with E-state index in [0.29, 0.717) is 5.69 Å². The van der Waals surface area contributed by atoms with Gasteiger partial charge in [0.1, 0.15) is 0 Å². The molecule has 35 heavy (non-hydrogen) atoms. The van der Waals surface area contributed by atoms with Crippen LogP contribution in [0.4, 0.5) is 5.69 Å². The first kappa shape index (κ1) is 23.2. The standard InChI is InChI=1S/C28H32N6O/c1-33(2)18-21-13-23(17-29-16-21)22-9-10-26-25(15-22)27(32-31-26)28(35)30-24-8-6-7-20(14-24)19-34-11-4-3-5-12-34/h6-10,13-17H,3-5,11-12,18-19H2,1-2H3,(H,30,35)(H,31,32). The monoisotopic (exact) mass is 468 g/mol. The predicted octanol–water partition coefficient (Wildman–Crippen LogP) is 4.92. The first-order chi connectivity index (χ1) is 17.0. The van der Waals surface area contributed by atoms with E-state index in [1.165, 1.54) is 24.8 Å². The second kappa shape index (κ2) is 10.4. The van der Waals surface area contributed by atoms with Crippen molar-refractivity contribution in [3.05, 3.63) is 77.7 Å². The molecule has 2 N–H and O–H groups in total. The number of carbonyl (C=O) groups excluding carboxylic acids is 1. The summed E-state index contributed by atoms with van der Waals surface area (Å²) < 4.78 is 0. The Bertz CT molecular complexity index is 1320. The van der Waals surface area contributed by atoms with Gasteiger partial charge in [-0.05, 0) is 87.0 Å². The Hall–Kier alpha value is -3.55. The quantitative estimate of drug-likeness (QED) is 0.402. The van der Waals surface area contributed by atoms with Crippen molar-refractivity contribution < 1.29 is 4.79 Å². The molecule has 7 heteroatoms. The van der Waals surface area contributed by atoms with Gasteiger partial charge >= 0.3 is 0 Å². The van der Waals surface area contributed by atoms with Gasteiger partial charge in [-0.25, -0.2) is 0 Å². The summed E-state index contributed by atoms with van der Waals surface area (Å²) in [5.41, 5.74) is 6.38. The van der Waals surface area contributed by atoms with Crippen LogP contribution in [0, 0.1) is 0 Å². The SMILES string of the molecule is CN(C)Cc1cncc(-c2ccc3[nH]nc(C(=O)Nc4cccc(CN5CCCCC5)c4)c3c2)c1. The van der Waals surface area contributed by atoms with Crippen LogP contribution in [-0.4, -0.2) is 58.1 Å². The molecule has 1 amide bonds. The Morgan fingerprint density at radius 1 is 1.00 bits per heavy atom.